The maximum Gasteiger partial charge on any atom is 0.305 e. The van der Waals surface area contributed by atoms with Crippen molar-refractivity contribution < 1.29 is 28.2 Å². The first-order valence-electron chi connectivity index (χ1n) is 10.7. The Hall–Kier alpha value is -0.473. The van der Waals surface area contributed by atoms with Gasteiger partial charge in [-0.1, -0.05) is 41.5 Å². The second kappa shape index (κ2) is 8.72. The largest absolute Gasteiger partial charge is 0.433 e. The zero-order valence-corrected chi connectivity index (χ0v) is 20.2. The van der Waals surface area contributed by atoms with Gasteiger partial charge in [-0.15, -0.1) is 0 Å². The van der Waals surface area contributed by atoms with Crippen LogP contribution in [0.5, 0.6) is 0 Å². The van der Waals surface area contributed by atoms with E-state index in [0.29, 0.717) is 6.61 Å². The summed E-state index contributed by atoms with van der Waals surface area (Å²) in [6.07, 6.45) is 0.741. The molecule has 0 saturated carbocycles. The smallest absolute Gasteiger partial charge is 0.305 e. The van der Waals surface area contributed by atoms with Crippen molar-refractivity contribution in [3.8, 4) is 0 Å². The molecule has 0 N–H and O–H groups in total. The second-order valence-electron chi connectivity index (χ2n) is 9.80. The summed E-state index contributed by atoms with van der Waals surface area (Å²) in [5, 5.41) is 0.128. The molecule has 0 aromatic heterocycles. The van der Waals surface area contributed by atoms with Crippen molar-refractivity contribution in [2.45, 2.75) is 116 Å². The highest BCUT2D eigenvalue weighted by molar-refractivity contribution is 6.74. The topological polar surface area (TPSA) is 63.2 Å². The van der Waals surface area contributed by atoms with Crippen LogP contribution in [0, 0.1) is 5.92 Å². The van der Waals surface area contributed by atoms with Gasteiger partial charge in [0.25, 0.3) is 0 Å². The first kappa shape index (κ1) is 23.8. The Kier molecular flexibility index (Phi) is 7.41. The van der Waals surface area contributed by atoms with Crippen molar-refractivity contribution in [3.05, 3.63) is 0 Å². The van der Waals surface area contributed by atoms with E-state index in [1.807, 2.05) is 0 Å². The molecule has 6 nitrogen and oxygen atoms in total. The molecule has 1 unspecified atom stereocenters. The molecule has 0 bridgehead atoms. The summed E-state index contributed by atoms with van der Waals surface area (Å²) in [5.74, 6) is -0.800. The molecule has 2 saturated heterocycles. The van der Waals surface area contributed by atoms with E-state index in [4.69, 9.17) is 23.4 Å². The van der Waals surface area contributed by atoms with Gasteiger partial charge in [0.05, 0.1) is 18.8 Å². The molecule has 2 fully saturated rings. The lowest BCUT2D eigenvalue weighted by atomic mass is 9.95. The highest BCUT2D eigenvalue weighted by atomic mass is 28.4. The second-order valence-corrected chi connectivity index (χ2v) is 14.6. The Bertz CT molecular complexity index is 540. The van der Waals surface area contributed by atoms with E-state index in [2.05, 4.69) is 54.6 Å². The van der Waals surface area contributed by atoms with Crippen LogP contribution >= 0.6 is 0 Å². The summed E-state index contributed by atoms with van der Waals surface area (Å²) >= 11 is 0. The highest BCUT2D eigenvalue weighted by Crippen LogP contribution is 2.43. The van der Waals surface area contributed by atoms with Crippen molar-refractivity contribution in [2.75, 3.05) is 6.61 Å². The quantitative estimate of drug-likeness (QED) is 0.465. The Balaban J connectivity index is 2.17. The summed E-state index contributed by atoms with van der Waals surface area (Å²) in [4.78, 5) is 11.7. The van der Waals surface area contributed by atoms with Crippen LogP contribution in [0.2, 0.25) is 18.1 Å². The molecule has 164 valence electrons. The molecule has 28 heavy (non-hydrogen) atoms. The lowest BCUT2D eigenvalue weighted by Gasteiger charge is -2.37. The summed E-state index contributed by atoms with van der Waals surface area (Å²) in [6.45, 7) is 19.3. The van der Waals surface area contributed by atoms with Crippen molar-refractivity contribution in [2.24, 2.45) is 5.92 Å². The fourth-order valence-electron chi connectivity index (χ4n) is 3.65. The van der Waals surface area contributed by atoms with Crippen LogP contribution in [0.4, 0.5) is 0 Å². The Morgan fingerprint density at radius 3 is 2.21 bits per heavy atom. The zero-order valence-electron chi connectivity index (χ0n) is 19.2. The Morgan fingerprint density at radius 1 is 1.14 bits per heavy atom. The molecule has 2 heterocycles. The van der Waals surface area contributed by atoms with Gasteiger partial charge >= 0.3 is 5.97 Å². The monoisotopic (exact) mass is 416 g/mol. The lowest BCUT2D eigenvalue weighted by Crippen LogP contribution is -2.44. The molecule has 5 atom stereocenters. The van der Waals surface area contributed by atoms with Gasteiger partial charge in [-0.05, 0) is 43.3 Å². The molecule has 0 radical (unpaired) electrons. The third-order valence-corrected chi connectivity index (χ3v) is 11.1. The molecular formula is C21H40O6Si. The predicted molar refractivity (Wildman–Crippen MR) is 110 cm³/mol. The zero-order chi connectivity index (χ0) is 21.3. The van der Waals surface area contributed by atoms with Gasteiger partial charge < -0.3 is 23.4 Å². The summed E-state index contributed by atoms with van der Waals surface area (Å²) in [5.41, 5.74) is 0. The maximum absolute atomic E-state index is 11.7. The number of carbonyl (C=O) groups is 1. The van der Waals surface area contributed by atoms with Crippen LogP contribution in [0.15, 0.2) is 0 Å². The SMILES string of the molecule is CCC1(CC)O[C@@H]2[C@@H](C)C[C@@H](CO[Si](C)(C)C(C)(C)C)OC(OC(C)=O)[C@@H]2O1. The van der Waals surface area contributed by atoms with E-state index in [-0.39, 0.29) is 29.1 Å². The molecule has 0 aliphatic carbocycles. The van der Waals surface area contributed by atoms with E-state index >= 15 is 0 Å². The standard InChI is InChI=1S/C21H40O6Si/c1-10-21(11-2)26-17-14(3)12-16(13-23-28(8,9)20(5,6)7)25-19(18(17)27-21)24-15(4)22/h14,16-19H,10-13H2,1-9H3/t14-,16-,17+,18+,19?/m0/s1. The van der Waals surface area contributed by atoms with Crippen LogP contribution in [-0.2, 0) is 28.2 Å². The molecule has 2 rings (SSSR count). The van der Waals surface area contributed by atoms with Gasteiger partial charge in [0.15, 0.2) is 14.1 Å². The molecule has 2 aliphatic rings. The first-order valence-corrected chi connectivity index (χ1v) is 13.6. The third kappa shape index (κ3) is 5.16. The Morgan fingerprint density at radius 2 is 1.71 bits per heavy atom. The van der Waals surface area contributed by atoms with Gasteiger partial charge in [-0.2, -0.15) is 0 Å². The van der Waals surface area contributed by atoms with Gasteiger partial charge in [-0.25, -0.2) is 0 Å². The number of hydrogen-bond donors (Lipinski definition) is 0. The summed E-state index contributed by atoms with van der Waals surface area (Å²) in [7, 11) is -1.89. The average molecular weight is 417 g/mol. The maximum atomic E-state index is 11.7. The predicted octanol–water partition coefficient (Wildman–Crippen LogP) is 4.62. The number of carbonyl (C=O) groups excluding carboxylic acids is 1. The fraction of sp³-hybridized carbons (Fsp3) is 0.952. The Labute approximate surface area is 171 Å². The normalized spacial score (nSPS) is 33.2. The molecular weight excluding hydrogens is 376 g/mol. The number of hydrogen-bond acceptors (Lipinski definition) is 6. The van der Waals surface area contributed by atoms with Gasteiger partial charge in [0.2, 0.25) is 6.29 Å². The third-order valence-electron chi connectivity index (χ3n) is 6.61. The van der Waals surface area contributed by atoms with E-state index in [1.165, 1.54) is 6.92 Å². The van der Waals surface area contributed by atoms with E-state index < -0.39 is 26.5 Å². The van der Waals surface area contributed by atoms with Gasteiger partial charge in [-0.3, -0.25) is 4.79 Å². The molecule has 0 aromatic rings. The molecule has 2 aliphatic heterocycles. The summed E-state index contributed by atoms with van der Waals surface area (Å²) < 4.78 is 30.9. The van der Waals surface area contributed by atoms with Crippen molar-refractivity contribution >= 4 is 14.3 Å². The van der Waals surface area contributed by atoms with E-state index in [9.17, 15) is 4.79 Å². The minimum absolute atomic E-state index is 0.128. The number of esters is 1. The number of fused-ring (bicyclic) bond motifs is 1. The molecule has 0 aromatic carbocycles. The minimum Gasteiger partial charge on any atom is -0.433 e. The number of rotatable bonds is 6. The van der Waals surface area contributed by atoms with Crippen LogP contribution in [0.25, 0.3) is 0 Å². The van der Waals surface area contributed by atoms with E-state index in [0.717, 1.165) is 19.3 Å². The van der Waals surface area contributed by atoms with Crippen LogP contribution in [0.3, 0.4) is 0 Å². The van der Waals surface area contributed by atoms with Crippen molar-refractivity contribution in [1.82, 2.24) is 0 Å². The molecule has 0 spiro atoms. The molecule has 0 amide bonds. The lowest BCUT2D eigenvalue weighted by molar-refractivity contribution is -0.242. The minimum atomic E-state index is -1.89. The molecule has 7 heteroatoms. The van der Waals surface area contributed by atoms with Crippen molar-refractivity contribution in [3.63, 3.8) is 0 Å². The van der Waals surface area contributed by atoms with Gasteiger partial charge in [0.1, 0.15) is 6.10 Å². The number of ether oxygens (including phenoxy) is 4. The van der Waals surface area contributed by atoms with Crippen LogP contribution < -0.4 is 0 Å². The van der Waals surface area contributed by atoms with Crippen LogP contribution in [0.1, 0.15) is 67.7 Å². The average Bonchev–Trinajstić information content (AvgIpc) is 2.93. The summed E-state index contributed by atoms with van der Waals surface area (Å²) in [6, 6.07) is 0. The van der Waals surface area contributed by atoms with Crippen molar-refractivity contribution in [1.29, 1.82) is 0 Å². The first-order chi connectivity index (χ1) is 12.8. The van der Waals surface area contributed by atoms with Gasteiger partial charge in [0, 0.05) is 6.92 Å². The fourth-order valence-corrected chi connectivity index (χ4v) is 4.68. The van der Waals surface area contributed by atoms with E-state index in [1.54, 1.807) is 0 Å². The highest BCUT2D eigenvalue weighted by Gasteiger charge is 2.54. The van der Waals surface area contributed by atoms with Crippen LogP contribution in [-0.4, -0.2) is 51.3 Å².